The summed E-state index contributed by atoms with van der Waals surface area (Å²) in [5.74, 6) is 0. The van der Waals surface area contributed by atoms with E-state index in [0.29, 0.717) is 27.8 Å². The van der Waals surface area contributed by atoms with Crippen molar-refractivity contribution in [1.82, 2.24) is 14.1 Å². The minimum absolute atomic E-state index is 0.301. The molecular weight excluding hydrogens is 370 g/mol. The second kappa shape index (κ2) is 4.64. The van der Waals surface area contributed by atoms with Crippen LogP contribution in [0.2, 0.25) is 0 Å². The number of hydrogen-bond donors (Lipinski definition) is 0. The summed E-state index contributed by atoms with van der Waals surface area (Å²) in [4.78, 5) is 0.950. The van der Waals surface area contributed by atoms with Gasteiger partial charge in [0.1, 0.15) is 31.3 Å². The number of fused-ring (bicyclic) bond motifs is 4. The minimum Gasteiger partial charge on any atom is -0.744 e. The van der Waals surface area contributed by atoms with Crippen molar-refractivity contribution < 1.29 is 25.9 Å². The van der Waals surface area contributed by atoms with Crippen molar-refractivity contribution >= 4 is 31.3 Å². The van der Waals surface area contributed by atoms with Gasteiger partial charge in [0.05, 0.1) is 15.5 Å². The Morgan fingerprint density at radius 3 is 1.84 bits per heavy atom. The number of rotatable bonds is 3. The van der Waals surface area contributed by atoms with Gasteiger partial charge in [0.2, 0.25) is 0 Å². The van der Waals surface area contributed by atoms with Gasteiger partial charge in [-0.1, -0.05) is 6.07 Å². The zero-order chi connectivity index (χ0) is 18.3. The van der Waals surface area contributed by atoms with Gasteiger partial charge < -0.3 is 9.11 Å². The Morgan fingerprint density at radius 2 is 1.28 bits per heavy atom. The Hall–Kier alpha value is -2.34. The normalized spacial score (nSPS) is 13.4. The molecular formula is C14H11N3O6S2-2. The Kier molecular flexibility index (Phi) is 2.99. The third kappa shape index (κ3) is 2.28. The lowest BCUT2D eigenvalue weighted by atomic mass is 10.2. The molecule has 132 valence electrons. The van der Waals surface area contributed by atoms with E-state index in [1.165, 1.54) is 32.0 Å². The molecule has 0 aliphatic carbocycles. The molecule has 0 aliphatic heterocycles. The van der Waals surface area contributed by atoms with E-state index in [1.807, 2.05) is 0 Å². The van der Waals surface area contributed by atoms with Gasteiger partial charge in [-0.25, -0.2) is 16.8 Å². The Labute approximate surface area is 142 Å². The van der Waals surface area contributed by atoms with Crippen molar-refractivity contribution in [1.29, 1.82) is 0 Å². The van der Waals surface area contributed by atoms with Gasteiger partial charge in [-0.05, 0) is 49.2 Å². The molecule has 2 heterocycles. The van der Waals surface area contributed by atoms with Gasteiger partial charge in [-0.3, -0.25) is 0 Å². The van der Waals surface area contributed by atoms with Gasteiger partial charge in [0.15, 0.2) is 0 Å². The van der Waals surface area contributed by atoms with Crippen LogP contribution in [0.4, 0.5) is 0 Å². The fourth-order valence-electron chi connectivity index (χ4n) is 2.94. The Bertz CT molecular complexity index is 1350. The van der Waals surface area contributed by atoms with Crippen molar-refractivity contribution in [3.05, 3.63) is 41.5 Å². The average Bonchev–Trinajstić information content (AvgIpc) is 3.13. The van der Waals surface area contributed by atoms with Crippen molar-refractivity contribution in [2.45, 2.75) is 23.6 Å². The highest BCUT2D eigenvalue weighted by Crippen LogP contribution is 2.31. The number of benzene rings is 2. The van der Waals surface area contributed by atoms with Gasteiger partial charge >= 0.3 is 0 Å². The average molecular weight is 381 g/mol. The molecule has 0 radical (unpaired) electrons. The van der Waals surface area contributed by atoms with Crippen LogP contribution in [-0.2, 0) is 20.2 Å². The molecule has 0 bridgehead atoms. The maximum atomic E-state index is 11.3. The summed E-state index contributed by atoms with van der Waals surface area (Å²) in [5, 5.41) is 0. The van der Waals surface area contributed by atoms with E-state index < -0.39 is 20.2 Å². The van der Waals surface area contributed by atoms with Gasteiger partial charge in [0, 0.05) is 0 Å². The Balaban J connectivity index is 1.92. The molecule has 0 atom stereocenters. The smallest absolute Gasteiger partial charge is 0.124 e. The monoisotopic (exact) mass is 381 g/mol. The van der Waals surface area contributed by atoms with Crippen molar-refractivity contribution in [2.75, 3.05) is 0 Å². The lowest BCUT2D eigenvalue weighted by Gasteiger charge is -2.11. The zero-order valence-corrected chi connectivity index (χ0v) is 14.6. The first-order chi connectivity index (χ1) is 11.5. The highest BCUT2D eigenvalue weighted by molar-refractivity contribution is 7.86. The van der Waals surface area contributed by atoms with Crippen LogP contribution in [0.15, 0.2) is 40.1 Å². The molecule has 0 amide bonds. The minimum atomic E-state index is -4.61. The lowest BCUT2D eigenvalue weighted by molar-refractivity contribution is 0.460. The van der Waals surface area contributed by atoms with E-state index in [9.17, 15) is 25.9 Å². The van der Waals surface area contributed by atoms with Gasteiger partial charge in [-0.2, -0.15) is 4.80 Å². The van der Waals surface area contributed by atoms with E-state index in [2.05, 4.69) is 0 Å². The molecule has 25 heavy (non-hydrogen) atoms. The SMILES string of the molecule is Cc1ccc(-n2n3c4cc(C)c(S(=O)(=O)[O-])cc4n23)cc1S(=O)(=O)[O-]. The molecule has 11 heteroatoms. The molecule has 4 aromatic rings. The molecule has 2 aromatic carbocycles. The first kappa shape index (κ1) is 16.1. The van der Waals surface area contributed by atoms with Crippen molar-refractivity contribution in [3.8, 4) is 5.69 Å². The summed E-state index contributed by atoms with van der Waals surface area (Å²) >= 11 is 0. The first-order valence-electron chi connectivity index (χ1n) is 7.07. The van der Waals surface area contributed by atoms with E-state index >= 15 is 0 Å². The highest BCUT2D eigenvalue weighted by atomic mass is 32.2. The maximum Gasteiger partial charge on any atom is 0.124 e. The van der Waals surface area contributed by atoms with Crippen molar-refractivity contribution in [2.24, 2.45) is 0 Å². The summed E-state index contributed by atoms with van der Waals surface area (Å²) in [6, 6.07) is 7.26. The van der Waals surface area contributed by atoms with Gasteiger partial charge in [0.25, 0.3) is 0 Å². The van der Waals surface area contributed by atoms with Crippen molar-refractivity contribution in [3.63, 3.8) is 0 Å². The summed E-state index contributed by atoms with van der Waals surface area (Å²) in [5.41, 5.74) is 2.28. The molecule has 0 saturated heterocycles. The predicted molar refractivity (Wildman–Crippen MR) is 84.3 cm³/mol. The third-order valence-corrected chi connectivity index (χ3v) is 6.11. The summed E-state index contributed by atoms with van der Waals surface area (Å²) in [6.45, 7) is 3.05. The molecule has 9 nitrogen and oxygen atoms in total. The van der Waals surface area contributed by atoms with Crippen LogP contribution in [0.3, 0.4) is 0 Å². The highest BCUT2D eigenvalue weighted by Gasteiger charge is 2.26. The van der Waals surface area contributed by atoms with Gasteiger partial charge in [-0.15, -0.1) is 9.26 Å². The fourth-order valence-corrected chi connectivity index (χ4v) is 4.38. The van der Waals surface area contributed by atoms with Crippen LogP contribution in [0.5, 0.6) is 0 Å². The third-order valence-electron chi connectivity index (χ3n) is 4.15. The lowest BCUT2D eigenvalue weighted by Crippen LogP contribution is -2.03. The molecule has 0 unspecified atom stereocenters. The number of aromatic nitrogens is 3. The van der Waals surface area contributed by atoms with Crippen LogP contribution < -0.4 is 0 Å². The summed E-state index contributed by atoms with van der Waals surface area (Å²) in [6.07, 6.45) is 0. The number of aryl methyl sites for hydroxylation is 2. The van der Waals surface area contributed by atoms with Crippen LogP contribution in [0.25, 0.3) is 16.7 Å². The standard InChI is InChI=1S/C14H13N3O6S2/c1-8-3-4-10(6-13(8)24(18,19)20)15-16-11-5-9(2)14(25(21,22)23)7-12(11)17(15)16/h3-7H,1-2H3,(H,18,19,20)(H,21,22,23)/p-2. The predicted octanol–water partition coefficient (Wildman–Crippen LogP) is 0.846. The Morgan fingerprint density at radius 1 is 0.760 bits per heavy atom. The topological polar surface area (TPSA) is 128 Å². The fraction of sp³-hybridized carbons (Fsp3) is 0.143. The summed E-state index contributed by atoms with van der Waals surface area (Å²) < 4.78 is 71.2. The van der Waals surface area contributed by atoms with E-state index in [4.69, 9.17) is 0 Å². The van der Waals surface area contributed by atoms with Crippen LogP contribution in [0.1, 0.15) is 11.1 Å². The second-order valence-corrected chi connectivity index (χ2v) is 8.53. The number of hydrogen-bond acceptors (Lipinski definition) is 6. The zero-order valence-electron chi connectivity index (χ0n) is 13.0. The van der Waals surface area contributed by atoms with E-state index in [1.54, 1.807) is 26.2 Å². The molecule has 0 spiro atoms. The summed E-state index contributed by atoms with van der Waals surface area (Å²) in [7, 11) is -9.20. The molecule has 0 saturated carbocycles. The molecule has 4 rings (SSSR count). The van der Waals surface area contributed by atoms with Crippen LogP contribution >= 0.6 is 0 Å². The van der Waals surface area contributed by atoms with Crippen LogP contribution in [-0.4, -0.2) is 40.0 Å². The largest absolute Gasteiger partial charge is 0.744 e. The van der Waals surface area contributed by atoms with Crippen LogP contribution in [0, 0.1) is 13.8 Å². The molecule has 0 fully saturated rings. The quantitative estimate of drug-likeness (QED) is 0.484. The van der Waals surface area contributed by atoms with E-state index in [0.717, 1.165) is 0 Å². The molecule has 2 aromatic heterocycles. The molecule has 0 aliphatic rings. The maximum absolute atomic E-state index is 11.3. The first-order valence-corrected chi connectivity index (χ1v) is 9.89. The van der Waals surface area contributed by atoms with E-state index in [-0.39, 0.29) is 9.79 Å². The number of nitrogens with zero attached hydrogens (tertiary/aromatic N) is 3. The second-order valence-electron chi connectivity index (χ2n) is 5.83. The molecule has 0 N–H and O–H groups in total.